The summed E-state index contributed by atoms with van der Waals surface area (Å²) in [6, 6.07) is 21.5. The van der Waals surface area contributed by atoms with E-state index in [1.54, 1.807) is 12.1 Å². The van der Waals surface area contributed by atoms with E-state index in [1.165, 1.54) is 5.56 Å². The molecule has 3 aromatic carbocycles. The van der Waals surface area contributed by atoms with Crippen molar-refractivity contribution in [1.29, 1.82) is 5.26 Å². The fraction of sp³-hybridized carbons (Fsp3) is 0.267. The van der Waals surface area contributed by atoms with Gasteiger partial charge in [0.05, 0.1) is 28.6 Å². The van der Waals surface area contributed by atoms with Crippen LogP contribution in [0.1, 0.15) is 22.3 Å². The monoisotopic (exact) mass is 507 g/mol. The number of hydrogen-bond donors (Lipinski definition) is 2. The Hall–Kier alpha value is -4.32. The van der Waals surface area contributed by atoms with Gasteiger partial charge in [0.2, 0.25) is 0 Å². The van der Waals surface area contributed by atoms with Crippen LogP contribution in [0.25, 0.3) is 11.3 Å². The number of amides is 1. The molecular weight excluding hydrogens is 478 g/mol. The summed E-state index contributed by atoms with van der Waals surface area (Å²) >= 11 is 0. The van der Waals surface area contributed by atoms with Gasteiger partial charge < -0.3 is 25.0 Å². The Labute approximate surface area is 222 Å². The molecule has 0 saturated carbocycles. The van der Waals surface area contributed by atoms with Crippen LogP contribution in [0.15, 0.2) is 60.7 Å². The van der Waals surface area contributed by atoms with Gasteiger partial charge in [-0.25, -0.2) is 0 Å². The molecule has 1 saturated heterocycles. The number of nitrogens with zero attached hydrogens (tertiary/aromatic N) is 3. The van der Waals surface area contributed by atoms with Crippen LogP contribution in [0, 0.1) is 11.3 Å². The Morgan fingerprint density at radius 3 is 2.50 bits per heavy atom. The van der Waals surface area contributed by atoms with Crippen LogP contribution in [0.4, 0.5) is 11.4 Å². The Kier molecular flexibility index (Phi) is 6.46. The SMILES string of the molecule is CN1CCN(Cc2ccc(N/C(=C3\C(=O)Nc4cc(C#N)ccc43)c3ccc4c(c3)OCCO4)cc2)CC1. The molecule has 0 atom stereocenters. The van der Waals surface area contributed by atoms with Crippen molar-refractivity contribution >= 4 is 28.6 Å². The van der Waals surface area contributed by atoms with E-state index < -0.39 is 0 Å². The van der Waals surface area contributed by atoms with E-state index in [9.17, 15) is 10.1 Å². The molecule has 3 aliphatic rings. The molecule has 3 heterocycles. The van der Waals surface area contributed by atoms with Gasteiger partial charge in [-0.3, -0.25) is 9.69 Å². The van der Waals surface area contributed by atoms with Crippen molar-refractivity contribution in [2.75, 3.05) is 57.1 Å². The van der Waals surface area contributed by atoms with Crippen LogP contribution in [0.5, 0.6) is 11.5 Å². The Morgan fingerprint density at radius 2 is 1.74 bits per heavy atom. The first-order chi connectivity index (χ1) is 18.6. The minimum atomic E-state index is -0.223. The van der Waals surface area contributed by atoms with Gasteiger partial charge in [0.25, 0.3) is 5.91 Å². The number of ether oxygens (including phenoxy) is 2. The van der Waals surface area contributed by atoms with Crippen molar-refractivity contribution in [1.82, 2.24) is 9.80 Å². The predicted octanol–water partition coefficient (Wildman–Crippen LogP) is 4.01. The van der Waals surface area contributed by atoms with Gasteiger partial charge in [0, 0.05) is 49.5 Å². The van der Waals surface area contributed by atoms with Gasteiger partial charge in [0.15, 0.2) is 11.5 Å². The Balaban J connectivity index is 1.35. The molecule has 1 amide bonds. The summed E-state index contributed by atoms with van der Waals surface area (Å²) in [7, 11) is 2.16. The molecule has 3 aliphatic heterocycles. The highest BCUT2D eigenvalue weighted by Gasteiger charge is 2.29. The maximum Gasteiger partial charge on any atom is 0.258 e. The zero-order chi connectivity index (χ0) is 26.1. The van der Waals surface area contributed by atoms with E-state index in [1.807, 2.05) is 24.3 Å². The fourth-order valence-electron chi connectivity index (χ4n) is 5.07. The summed E-state index contributed by atoms with van der Waals surface area (Å²) in [6.07, 6.45) is 0. The highest BCUT2D eigenvalue weighted by Crippen LogP contribution is 2.40. The molecule has 0 aromatic heterocycles. The van der Waals surface area contributed by atoms with Crippen LogP contribution in [0.3, 0.4) is 0 Å². The molecule has 1 fully saturated rings. The van der Waals surface area contributed by atoms with Gasteiger partial charge in [0.1, 0.15) is 13.2 Å². The predicted molar refractivity (Wildman–Crippen MR) is 147 cm³/mol. The van der Waals surface area contributed by atoms with Crippen LogP contribution in [0.2, 0.25) is 0 Å². The standard InChI is InChI=1S/C30H29N5O3/c1-34-10-12-35(13-11-34)19-20-2-6-23(7-3-20)32-29(22-5-9-26-27(17-22)38-15-14-37-26)28-24-8-4-21(18-31)16-25(24)33-30(28)36/h2-9,16-17,32H,10-15,19H2,1H3,(H,33,36)/b29-28-. The van der Waals surface area contributed by atoms with Crippen LogP contribution >= 0.6 is 0 Å². The molecule has 38 heavy (non-hydrogen) atoms. The average molecular weight is 508 g/mol. The lowest BCUT2D eigenvalue weighted by Crippen LogP contribution is -2.43. The summed E-state index contributed by atoms with van der Waals surface area (Å²) in [5.41, 5.74) is 5.98. The number of anilines is 2. The number of nitrogens with one attached hydrogen (secondary N) is 2. The molecule has 3 aromatic rings. The third kappa shape index (κ3) is 4.82. The number of carbonyl (C=O) groups is 1. The van der Waals surface area contributed by atoms with Gasteiger partial charge >= 0.3 is 0 Å². The van der Waals surface area contributed by atoms with Crippen LogP contribution < -0.4 is 20.1 Å². The first kappa shape index (κ1) is 24.0. The summed E-state index contributed by atoms with van der Waals surface area (Å²) in [6.45, 7) is 6.22. The minimum absolute atomic E-state index is 0.223. The highest BCUT2D eigenvalue weighted by atomic mass is 16.6. The lowest BCUT2D eigenvalue weighted by Gasteiger charge is -2.32. The number of benzene rings is 3. The average Bonchev–Trinajstić information content (AvgIpc) is 3.28. The second kappa shape index (κ2) is 10.2. The number of piperazine rings is 1. The van der Waals surface area contributed by atoms with Gasteiger partial charge in [-0.15, -0.1) is 0 Å². The summed E-state index contributed by atoms with van der Waals surface area (Å²) < 4.78 is 11.5. The van der Waals surface area contributed by atoms with Crippen LogP contribution in [-0.4, -0.2) is 62.1 Å². The second-order valence-corrected chi connectivity index (χ2v) is 9.84. The van der Waals surface area contributed by atoms with Gasteiger partial charge in [-0.05, 0) is 55.1 Å². The normalized spacial score (nSPS) is 18.4. The number of nitriles is 1. The zero-order valence-electron chi connectivity index (χ0n) is 21.3. The van der Waals surface area contributed by atoms with Crippen molar-refractivity contribution in [3.05, 3.63) is 82.9 Å². The first-order valence-electron chi connectivity index (χ1n) is 12.8. The third-order valence-corrected chi connectivity index (χ3v) is 7.20. The summed E-state index contributed by atoms with van der Waals surface area (Å²) in [5, 5.41) is 15.8. The largest absolute Gasteiger partial charge is 0.486 e. The lowest BCUT2D eigenvalue weighted by atomic mass is 9.98. The van der Waals surface area contributed by atoms with E-state index in [-0.39, 0.29) is 5.91 Å². The molecule has 0 bridgehead atoms. The quantitative estimate of drug-likeness (QED) is 0.505. The number of carbonyl (C=O) groups excluding carboxylic acids is 1. The van der Waals surface area contributed by atoms with E-state index in [0.717, 1.165) is 49.5 Å². The number of fused-ring (bicyclic) bond motifs is 2. The van der Waals surface area contributed by atoms with E-state index in [0.29, 0.717) is 47.2 Å². The fourth-order valence-corrected chi connectivity index (χ4v) is 5.07. The van der Waals surface area contributed by atoms with E-state index in [4.69, 9.17) is 9.47 Å². The van der Waals surface area contributed by atoms with Crippen LogP contribution in [-0.2, 0) is 11.3 Å². The maximum absolute atomic E-state index is 13.3. The first-order valence-corrected chi connectivity index (χ1v) is 12.8. The van der Waals surface area contributed by atoms with E-state index in [2.05, 4.69) is 57.8 Å². The number of likely N-dealkylation sites (N-methyl/N-ethyl adjacent to an activating group) is 1. The molecule has 0 radical (unpaired) electrons. The van der Waals surface area contributed by atoms with Crippen molar-refractivity contribution < 1.29 is 14.3 Å². The highest BCUT2D eigenvalue weighted by molar-refractivity contribution is 6.37. The molecule has 192 valence electrons. The molecule has 0 unspecified atom stereocenters. The van der Waals surface area contributed by atoms with Crippen molar-refractivity contribution in [3.8, 4) is 17.6 Å². The smallest absolute Gasteiger partial charge is 0.258 e. The van der Waals surface area contributed by atoms with Gasteiger partial charge in [-0.1, -0.05) is 18.2 Å². The molecule has 2 N–H and O–H groups in total. The molecule has 0 aliphatic carbocycles. The van der Waals surface area contributed by atoms with Crippen molar-refractivity contribution in [3.63, 3.8) is 0 Å². The molecule has 8 heteroatoms. The van der Waals surface area contributed by atoms with Gasteiger partial charge in [-0.2, -0.15) is 5.26 Å². The Bertz CT molecular complexity index is 1450. The number of hydrogen-bond acceptors (Lipinski definition) is 7. The summed E-state index contributed by atoms with van der Waals surface area (Å²) in [4.78, 5) is 18.1. The minimum Gasteiger partial charge on any atom is -0.486 e. The molecule has 8 nitrogen and oxygen atoms in total. The molecule has 0 spiro atoms. The Morgan fingerprint density at radius 1 is 0.974 bits per heavy atom. The second-order valence-electron chi connectivity index (χ2n) is 9.84. The van der Waals surface area contributed by atoms with Crippen molar-refractivity contribution in [2.24, 2.45) is 0 Å². The topological polar surface area (TPSA) is 89.9 Å². The zero-order valence-corrected chi connectivity index (χ0v) is 21.3. The van der Waals surface area contributed by atoms with E-state index >= 15 is 0 Å². The lowest BCUT2D eigenvalue weighted by molar-refractivity contribution is -0.110. The number of rotatable bonds is 5. The molecule has 6 rings (SSSR count). The van der Waals surface area contributed by atoms with Crippen molar-refractivity contribution in [2.45, 2.75) is 6.54 Å². The molecular formula is C30H29N5O3. The summed E-state index contributed by atoms with van der Waals surface area (Å²) in [5.74, 6) is 1.11. The maximum atomic E-state index is 13.3. The third-order valence-electron chi connectivity index (χ3n) is 7.20.